The number of fused-ring (bicyclic) bond motifs is 1. The molecule has 4 nitrogen and oxygen atoms in total. The molecule has 1 unspecified atom stereocenters. The lowest BCUT2D eigenvalue weighted by Gasteiger charge is -2.24. The molecule has 116 valence electrons. The summed E-state index contributed by atoms with van der Waals surface area (Å²) in [5.41, 5.74) is 1.30. The summed E-state index contributed by atoms with van der Waals surface area (Å²) in [6.07, 6.45) is 2.80. The van der Waals surface area contributed by atoms with Crippen LogP contribution in [-0.4, -0.2) is 41.5 Å². The third kappa shape index (κ3) is 3.92. The van der Waals surface area contributed by atoms with E-state index in [4.69, 9.17) is 0 Å². The predicted molar refractivity (Wildman–Crippen MR) is 92.3 cm³/mol. The summed E-state index contributed by atoms with van der Waals surface area (Å²) in [7, 11) is 4.23. The SMILES string of the molecule is Cc1sc2ncnc(NC(CC(C)C)CN(C)C)c2c1C. The van der Waals surface area contributed by atoms with Gasteiger partial charge in [-0.3, -0.25) is 0 Å². The van der Waals surface area contributed by atoms with E-state index >= 15 is 0 Å². The summed E-state index contributed by atoms with van der Waals surface area (Å²) in [4.78, 5) is 13.5. The first-order chi connectivity index (χ1) is 9.88. The Morgan fingerprint density at radius 2 is 1.95 bits per heavy atom. The van der Waals surface area contributed by atoms with Crippen LogP contribution in [0.25, 0.3) is 10.2 Å². The van der Waals surface area contributed by atoms with E-state index in [1.165, 1.54) is 15.8 Å². The lowest BCUT2D eigenvalue weighted by molar-refractivity contribution is 0.356. The monoisotopic (exact) mass is 306 g/mol. The van der Waals surface area contributed by atoms with E-state index in [1.54, 1.807) is 17.7 Å². The highest BCUT2D eigenvalue weighted by atomic mass is 32.1. The summed E-state index contributed by atoms with van der Waals surface area (Å²) in [5.74, 6) is 1.64. The van der Waals surface area contributed by atoms with Gasteiger partial charge in [0.1, 0.15) is 17.0 Å². The zero-order valence-corrected chi connectivity index (χ0v) is 14.7. The standard InChI is InChI=1S/C16H26N4S/c1-10(2)7-13(8-20(5)6)19-15-14-11(3)12(4)21-16(14)18-9-17-15/h9-10,13H,7-8H2,1-6H3,(H,17,18,19). The van der Waals surface area contributed by atoms with E-state index in [0.717, 1.165) is 23.6 Å². The number of hydrogen-bond donors (Lipinski definition) is 1. The van der Waals surface area contributed by atoms with Gasteiger partial charge in [-0.15, -0.1) is 11.3 Å². The van der Waals surface area contributed by atoms with E-state index in [2.05, 4.69) is 62.0 Å². The molecule has 2 rings (SSSR count). The van der Waals surface area contributed by atoms with Gasteiger partial charge >= 0.3 is 0 Å². The van der Waals surface area contributed by atoms with Crippen LogP contribution in [-0.2, 0) is 0 Å². The van der Waals surface area contributed by atoms with Crippen LogP contribution in [0, 0.1) is 19.8 Å². The fourth-order valence-corrected chi connectivity index (χ4v) is 3.67. The Balaban J connectivity index is 2.31. The summed E-state index contributed by atoms with van der Waals surface area (Å²) in [5, 5.41) is 4.84. The smallest absolute Gasteiger partial charge is 0.138 e. The average Bonchev–Trinajstić information content (AvgIpc) is 2.64. The molecule has 0 aliphatic rings. The summed E-state index contributed by atoms with van der Waals surface area (Å²) < 4.78 is 0. The number of nitrogens with zero attached hydrogens (tertiary/aromatic N) is 3. The molecule has 2 heterocycles. The van der Waals surface area contributed by atoms with Crippen LogP contribution >= 0.6 is 11.3 Å². The number of aryl methyl sites for hydroxylation is 2. The van der Waals surface area contributed by atoms with Gasteiger partial charge in [-0.05, 0) is 45.8 Å². The number of nitrogens with one attached hydrogen (secondary N) is 1. The second kappa shape index (κ2) is 6.71. The molecule has 0 aliphatic heterocycles. The number of hydrogen-bond acceptors (Lipinski definition) is 5. The Morgan fingerprint density at radius 3 is 2.57 bits per heavy atom. The number of rotatable bonds is 6. The second-order valence-electron chi connectivity index (χ2n) is 6.42. The molecule has 1 atom stereocenters. The van der Waals surface area contributed by atoms with Crippen molar-refractivity contribution in [3.8, 4) is 0 Å². The topological polar surface area (TPSA) is 41.1 Å². The van der Waals surface area contributed by atoms with Gasteiger partial charge < -0.3 is 10.2 Å². The first-order valence-electron chi connectivity index (χ1n) is 7.50. The molecule has 0 aromatic carbocycles. The van der Waals surface area contributed by atoms with Crippen LogP contribution in [0.3, 0.4) is 0 Å². The molecule has 21 heavy (non-hydrogen) atoms. The molecule has 0 amide bonds. The van der Waals surface area contributed by atoms with Crippen molar-refractivity contribution in [3.05, 3.63) is 16.8 Å². The van der Waals surface area contributed by atoms with Crippen molar-refractivity contribution in [2.24, 2.45) is 5.92 Å². The first kappa shape index (κ1) is 16.2. The van der Waals surface area contributed by atoms with Crippen LogP contribution in [0.5, 0.6) is 0 Å². The maximum atomic E-state index is 4.50. The Kier molecular flexibility index (Phi) is 5.17. The lowest BCUT2D eigenvalue weighted by Crippen LogP contribution is -2.33. The quantitative estimate of drug-likeness (QED) is 0.883. The minimum absolute atomic E-state index is 0.401. The van der Waals surface area contributed by atoms with Crippen LogP contribution in [0.1, 0.15) is 30.7 Å². The number of likely N-dealkylation sites (N-methyl/N-ethyl adjacent to an activating group) is 1. The highest BCUT2D eigenvalue weighted by Gasteiger charge is 2.17. The van der Waals surface area contributed by atoms with Crippen molar-refractivity contribution in [2.45, 2.75) is 40.2 Å². The third-order valence-corrected chi connectivity index (χ3v) is 4.76. The van der Waals surface area contributed by atoms with Crippen molar-refractivity contribution >= 4 is 27.4 Å². The van der Waals surface area contributed by atoms with Gasteiger partial charge in [0.25, 0.3) is 0 Å². The molecule has 1 N–H and O–H groups in total. The first-order valence-corrected chi connectivity index (χ1v) is 8.32. The van der Waals surface area contributed by atoms with Crippen LogP contribution in [0.15, 0.2) is 6.33 Å². The minimum Gasteiger partial charge on any atom is -0.365 e. The van der Waals surface area contributed by atoms with Gasteiger partial charge in [-0.25, -0.2) is 9.97 Å². The van der Waals surface area contributed by atoms with Crippen molar-refractivity contribution in [3.63, 3.8) is 0 Å². The molecule has 0 saturated heterocycles. The van der Waals surface area contributed by atoms with Crippen LogP contribution in [0.2, 0.25) is 0 Å². The molecule has 0 fully saturated rings. The Labute approximate surface area is 131 Å². The van der Waals surface area contributed by atoms with Gasteiger partial charge in [0, 0.05) is 17.5 Å². The van der Waals surface area contributed by atoms with Gasteiger partial charge in [0.05, 0.1) is 5.39 Å². The number of aromatic nitrogens is 2. The largest absolute Gasteiger partial charge is 0.365 e. The van der Waals surface area contributed by atoms with Crippen molar-refractivity contribution < 1.29 is 0 Å². The Bertz CT molecular complexity index is 594. The van der Waals surface area contributed by atoms with Crippen LogP contribution in [0.4, 0.5) is 5.82 Å². The molecule has 0 bridgehead atoms. The van der Waals surface area contributed by atoms with E-state index in [1.807, 2.05) is 0 Å². The highest BCUT2D eigenvalue weighted by molar-refractivity contribution is 7.18. The van der Waals surface area contributed by atoms with Gasteiger partial charge in [0.2, 0.25) is 0 Å². The molecule has 0 spiro atoms. The molecule has 5 heteroatoms. The molecule has 0 aliphatic carbocycles. The zero-order valence-electron chi connectivity index (χ0n) is 13.9. The number of thiophene rings is 1. The normalized spacial score (nSPS) is 13.3. The summed E-state index contributed by atoms with van der Waals surface area (Å²) in [6.45, 7) is 9.84. The Hall–Kier alpha value is -1.20. The average molecular weight is 306 g/mol. The second-order valence-corrected chi connectivity index (χ2v) is 7.62. The fraction of sp³-hybridized carbons (Fsp3) is 0.625. The van der Waals surface area contributed by atoms with Gasteiger partial charge in [0.15, 0.2) is 0 Å². The molecular weight excluding hydrogens is 280 g/mol. The van der Waals surface area contributed by atoms with Gasteiger partial charge in [-0.1, -0.05) is 13.8 Å². The van der Waals surface area contributed by atoms with Crippen molar-refractivity contribution in [1.82, 2.24) is 14.9 Å². The Morgan fingerprint density at radius 1 is 1.24 bits per heavy atom. The lowest BCUT2D eigenvalue weighted by atomic mass is 10.0. The van der Waals surface area contributed by atoms with E-state index in [-0.39, 0.29) is 0 Å². The third-order valence-electron chi connectivity index (χ3n) is 3.65. The van der Waals surface area contributed by atoms with Crippen molar-refractivity contribution in [1.29, 1.82) is 0 Å². The van der Waals surface area contributed by atoms with Crippen LogP contribution < -0.4 is 5.32 Å². The van der Waals surface area contributed by atoms with E-state index in [0.29, 0.717) is 12.0 Å². The number of anilines is 1. The molecule has 2 aromatic rings. The highest BCUT2D eigenvalue weighted by Crippen LogP contribution is 2.33. The maximum absolute atomic E-state index is 4.50. The van der Waals surface area contributed by atoms with E-state index in [9.17, 15) is 0 Å². The molecule has 0 radical (unpaired) electrons. The summed E-state index contributed by atoms with van der Waals surface area (Å²) >= 11 is 1.75. The van der Waals surface area contributed by atoms with Gasteiger partial charge in [-0.2, -0.15) is 0 Å². The van der Waals surface area contributed by atoms with E-state index < -0.39 is 0 Å². The molecule has 0 saturated carbocycles. The fourth-order valence-electron chi connectivity index (χ4n) is 2.67. The van der Waals surface area contributed by atoms with Crippen molar-refractivity contribution in [2.75, 3.05) is 26.0 Å². The summed E-state index contributed by atoms with van der Waals surface area (Å²) in [6, 6.07) is 0.401. The maximum Gasteiger partial charge on any atom is 0.138 e. The molecule has 2 aromatic heterocycles. The predicted octanol–water partition coefficient (Wildman–Crippen LogP) is 3.70. The zero-order chi connectivity index (χ0) is 15.6. The minimum atomic E-state index is 0.401. The molecular formula is C16H26N4S.